The Bertz CT molecular complexity index is 1170. The first-order chi connectivity index (χ1) is 16.0. The van der Waals surface area contributed by atoms with E-state index in [1.807, 2.05) is 6.92 Å². The van der Waals surface area contributed by atoms with E-state index in [4.69, 9.17) is 4.74 Å². The van der Waals surface area contributed by atoms with Gasteiger partial charge in [0, 0.05) is 50.1 Å². The summed E-state index contributed by atoms with van der Waals surface area (Å²) >= 11 is 0. The van der Waals surface area contributed by atoms with Gasteiger partial charge in [-0.1, -0.05) is 0 Å². The highest BCUT2D eigenvalue weighted by Gasteiger charge is 2.24. The van der Waals surface area contributed by atoms with Crippen molar-refractivity contribution in [3.05, 3.63) is 47.8 Å². The van der Waals surface area contributed by atoms with Gasteiger partial charge in [0.15, 0.2) is 17.8 Å². The number of nitrogens with zero attached hydrogens (tertiary/aromatic N) is 5. The summed E-state index contributed by atoms with van der Waals surface area (Å²) < 4.78 is 21.3. The molecule has 0 bridgehead atoms. The number of amidine groups is 1. The molecule has 1 N–H and O–H groups in total. The predicted molar refractivity (Wildman–Crippen MR) is 127 cm³/mol. The topological polar surface area (TPSA) is 84.1 Å². The van der Waals surface area contributed by atoms with E-state index >= 15 is 0 Å². The maximum absolute atomic E-state index is 14.5. The van der Waals surface area contributed by atoms with Gasteiger partial charge in [-0.25, -0.2) is 9.37 Å². The van der Waals surface area contributed by atoms with E-state index < -0.39 is 5.82 Å². The number of pyridine rings is 2. The van der Waals surface area contributed by atoms with Crippen molar-refractivity contribution in [2.24, 2.45) is 10.9 Å². The number of aryl methyl sites for hydroxylation is 1. The number of aromatic nitrogens is 3. The van der Waals surface area contributed by atoms with Crippen LogP contribution in [-0.4, -0.2) is 71.8 Å². The molecule has 0 spiro atoms. The number of hydrogen-bond donors (Lipinski definition) is 1. The molecular weight excluding hydrogens is 423 g/mol. The molecule has 1 saturated heterocycles. The highest BCUT2D eigenvalue weighted by molar-refractivity contribution is 6.01. The number of nitrogens with one attached hydrogen (secondary N) is 1. The monoisotopic (exact) mass is 452 g/mol. The highest BCUT2D eigenvalue weighted by atomic mass is 19.1. The minimum absolute atomic E-state index is 0.266. The molecule has 0 radical (unpaired) electrons. The van der Waals surface area contributed by atoms with E-state index in [1.165, 1.54) is 6.07 Å². The zero-order chi connectivity index (χ0) is 23.4. The number of halogens is 1. The Kier molecular flexibility index (Phi) is 7.10. The van der Waals surface area contributed by atoms with Crippen LogP contribution < -0.4 is 5.32 Å². The molecule has 1 aliphatic heterocycles. The van der Waals surface area contributed by atoms with Crippen LogP contribution in [0.15, 0.2) is 35.7 Å². The van der Waals surface area contributed by atoms with Gasteiger partial charge in [-0.2, -0.15) is 0 Å². The van der Waals surface area contributed by atoms with Gasteiger partial charge in [-0.3, -0.25) is 14.8 Å². The van der Waals surface area contributed by atoms with Crippen molar-refractivity contribution in [1.29, 1.82) is 0 Å². The number of methoxy groups -OCH3 is 1. The minimum Gasteiger partial charge on any atom is -0.383 e. The molecule has 9 heteroatoms. The summed E-state index contributed by atoms with van der Waals surface area (Å²) in [5.74, 6) is 0.698. The van der Waals surface area contributed by atoms with Crippen molar-refractivity contribution in [2.45, 2.75) is 19.8 Å². The molecule has 0 unspecified atom stereocenters. The highest BCUT2D eigenvalue weighted by Crippen LogP contribution is 2.26. The molecule has 0 aromatic carbocycles. The van der Waals surface area contributed by atoms with Crippen LogP contribution in [0.3, 0.4) is 0 Å². The Morgan fingerprint density at radius 1 is 1.33 bits per heavy atom. The third-order valence-electron chi connectivity index (χ3n) is 6.08. The third-order valence-corrected chi connectivity index (χ3v) is 6.08. The number of carbonyl (C=O) groups is 1. The van der Waals surface area contributed by atoms with Gasteiger partial charge < -0.3 is 19.4 Å². The maximum atomic E-state index is 14.5. The van der Waals surface area contributed by atoms with Crippen LogP contribution in [-0.2, 0) is 4.74 Å². The summed E-state index contributed by atoms with van der Waals surface area (Å²) in [6, 6.07) is 3.06. The lowest BCUT2D eigenvalue weighted by molar-refractivity contribution is 0.112. The molecular formula is C24H29FN6O2. The maximum Gasteiger partial charge on any atom is 0.173 e. The summed E-state index contributed by atoms with van der Waals surface area (Å²) in [5, 5.41) is 3.32. The number of fused-ring (bicyclic) bond motifs is 1. The number of hydrogen-bond acceptors (Lipinski definition) is 6. The molecule has 4 rings (SSSR count). The first kappa shape index (κ1) is 23.0. The summed E-state index contributed by atoms with van der Waals surface area (Å²) in [6.07, 6.45) is 7.87. The van der Waals surface area contributed by atoms with Crippen LogP contribution in [0.5, 0.6) is 0 Å². The number of carbonyl (C=O) groups excluding carboxylic acids is 1. The fraction of sp³-hybridized carbons (Fsp3) is 0.417. The van der Waals surface area contributed by atoms with Crippen LogP contribution >= 0.6 is 0 Å². The van der Waals surface area contributed by atoms with E-state index in [1.54, 1.807) is 43.2 Å². The first-order valence-electron chi connectivity index (χ1n) is 11.1. The molecule has 3 aromatic rings. The standard InChI is InChI=1S/C24H29FN6O2/c1-16-13-31-14-18(10-20(25)24(31)28-16)21-11-19(15-32)22(12-27-21)29-23(26-2)17-4-6-30(7-5-17)8-9-33-3/h10-15,17H,4-9H2,1-3H3,(H,26,29). The lowest BCUT2D eigenvalue weighted by Crippen LogP contribution is -2.39. The average Bonchev–Trinajstić information content (AvgIpc) is 3.22. The van der Waals surface area contributed by atoms with Crippen molar-refractivity contribution in [2.75, 3.05) is 45.7 Å². The van der Waals surface area contributed by atoms with Gasteiger partial charge in [0.2, 0.25) is 0 Å². The Balaban J connectivity index is 1.52. The van der Waals surface area contributed by atoms with Crippen LogP contribution in [0.2, 0.25) is 0 Å². The fourth-order valence-corrected chi connectivity index (χ4v) is 4.28. The number of aliphatic imine (C=N–C) groups is 1. The lowest BCUT2D eigenvalue weighted by atomic mass is 9.95. The van der Waals surface area contributed by atoms with Crippen LogP contribution in [0, 0.1) is 18.7 Å². The van der Waals surface area contributed by atoms with Crippen molar-refractivity contribution in [3.8, 4) is 11.3 Å². The normalized spacial score (nSPS) is 15.8. The SMILES string of the molecule is CN=C(Nc1cnc(-c2cc(F)c3nc(C)cn3c2)cc1C=O)C1CCN(CCOC)CC1. The largest absolute Gasteiger partial charge is 0.383 e. The predicted octanol–water partition coefficient (Wildman–Crippen LogP) is 3.45. The summed E-state index contributed by atoms with van der Waals surface area (Å²) in [6.45, 7) is 5.44. The number of rotatable bonds is 7. The fourth-order valence-electron chi connectivity index (χ4n) is 4.28. The molecule has 174 valence electrons. The second-order valence-electron chi connectivity index (χ2n) is 8.31. The Morgan fingerprint density at radius 3 is 2.82 bits per heavy atom. The molecule has 0 amide bonds. The van der Waals surface area contributed by atoms with Gasteiger partial charge in [-0.05, 0) is 45.0 Å². The molecule has 33 heavy (non-hydrogen) atoms. The van der Waals surface area contributed by atoms with Crippen LogP contribution in [0.4, 0.5) is 10.1 Å². The lowest BCUT2D eigenvalue weighted by Gasteiger charge is -2.32. The Hall–Kier alpha value is -3.17. The second kappa shape index (κ2) is 10.2. The van der Waals surface area contributed by atoms with Gasteiger partial charge in [0.25, 0.3) is 0 Å². The quantitative estimate of drug-likeness (QED) is 0.336. The molecule has 4 heterocycles. The number of anilines is 1. The van der Waals surface area contributed by atoms with Crippen LogP contribution in [0.1, 0.15) is 28.9 Å². The summed E-state index contributed by atoms with van der Waals surface area (Å²) in [5.41, 5.74) is 3.11. The van der Waals surface area contributed by atoms with Crippen molar-refractivity contribution < 1.29 is 13.9 Å². The van der Waals surface area contributed by atoms with Gasteiger partial charge in [0.05, 0.1) is 29.9 Å². The van der Waals surface area contributed by atoms with E-state index in [0.717, 1.165) is 56.9 Å². The van der Waals surface area contributed by atoms with Gasteiger partial charge >= 0.3 is 0 Å². The van der Waals surface area contributed by atoms with Crippen LogP contribution in [0.25, 0.3) is 16.9 Å². The molecule has 1 fully saturated rings. The molecule has 3 aromatic heterocycles. The van der Waals surface area contributed by atoms with Gasteiger partial charge in [-0.15, -0.1) is 0 Å². The van der Waals surface area contributed by atoms with Crippen molar-refractivity contribution >= 4 is 23.5 Å². The molecule has 8 nitrogen and oxygen atoms in total. The average molecular weight is 453 g/mol. The number of imidazole rings is 1. The smallest absolute Gasteiger partial charge is 0.173 e. The zero-order valence-corrected chi connectivity index (χ0v) is 19.2. The summed E-state index contributed by atoms with van der Waals surface area (Å²) in [7, 11) is 3.48. The minimum atomic E-state index is -0.436. The Morgan fingerprint density at radius 2 is 2.12 bits per heavy atom. The third kappa shape index (κ3) is 5.09. The molecule has 0 saturated carbocycles. The van der Waals surface area contributed by atoms with E-state index in [9.17, 15) is 9.18 Å². The number of likely N-dealkylation sites (tertiary alicyclic amines) is 1. The number of ether oxygens (including phenoxy) is 1. The second-order valence-corrected chi connectivity index (χ2v) is 8.31. The van der Waals surface area contributed by atoms with E-state index in [0.29, 0.717) is 22.5 Å². The van der Waals surface area contributed by atoms with Crippen molar-refractivity contribution in [3.63, 3.8) is 0 Å². The van der Waals surface area contributed by atoms with Crippen molar-refractivity contribution in [1.82, 2.24) is 19.3 Å². The van der Waals surface area contributed by atoms with E-state index in [-0.39, 0.29) is 11.6 Å². The Labute approximate surface area is 192 Å². The summed E-state index contributed by atoms with van der Waals surface area (Å²) in [4.78, 5) is 27.4. The van der Waals surface area contributed by atoms with E-state index in [2.05, 4.69) is 25.2 Å². The molecule has 0 atom stereocenters. The molecule has 1 aliphatic rings. The molecule has 0 aliphatic carbocycles. The number of aldehydes is 1. The number of piperidine rings is 1. The first-order valence-corrected chi connectivity index (χ1v) is 11.1. The zero-order valence-electron chi connectivity index (χ0n) is 19.2. The van der Waals surface area contributed by atoms with Gasteiger partial charge in [0.1, 0.15) is 5.84 Å².